The van der Waals surface area contributed by atoms with Crippen molar-refractivity contribution in [2.45, 2.75) is 25.2 Å². The van der Waals surface area contributed by atoms with Crippen molar-refractivity contribution in [2.75, 3.05) is 19.5 Å². The van der Waals surface area contributed by atoms with Crippen LogP contribution in [-0.2, 0) is 4.74 Å². The minimum atomic E-state index is -0.0826. The highest BCUT2D eigenvalue weighted by molar-refractivity contribution is 6.31. The highest BCUT2D eigenvalue weighted by Gasteiger charge is 2.28. The predicted octanol–water partition coefficient (Wildman–Crippen LogP) is 3.58. The molecular formula is C21H22ClN5O3. The maximum absolute atomic E-state index is 7.00. The summed E-state index contributed by atoms with van der Waals surface area (Å²) in [6.07, 6.45) is 6.78. The van der Waals surface area contributed by atoms with Crippen LogP contribution in [0.2, 0.25) is 5.02 Å². The number of halogens is 1. The maximum atomic E-state index is 7.00. The maximum Gasteiger partial charge on any atom is 0.147 e. The number of ether oxygens (including phenoxy) is 2. The molecule has 0 bridgehead atoms. The third kappa shape index (κ3) is 4.02. The minimum Gasteiger partial charge on any atom is -0.491 e. The number of aliphatic hydroxyl groups excluding tert-OH is 1. The van der Waals surface area contributed by atoms with E-state index in [-0.39, 0.29) is 12.3 Å². The Morgan fingerprint density at radius 2 is 2.07 bits per heavy atom. The Bertz CT molecular complexity index is 1170. The summed E-state index contributed by atoms with van der Waals surface area (Å²) in [6, 6.07) is 9.60. The lowest BCUT2D eigenvalue weighted by molar-refractivity contribution is -0.0156. The van der Waals surface area contributed by atoms with Gasteiger partial charge in [0.15, 0.2) is 0 Å². The van der Waals surface area contributed by atoms with Crippen molar-refractivity contribution in [1.29, 1.82) is 0 Å². The number of aliphatic hydroxyl groups is 1. The fourth-order valence-corrected chi connectivity index (χ4v) is 3.76. The molecule has 0 radical (unpaired) electrons. The number of aromatic nitrogens is 4. The van der Waals surface area contributed by atoms with Crippen molar-refractivity contribution in [3.05, 3.63) is 54.1 Å². The monoisotopic (exact) mass is 427 g/mol. The molecule has 4 aromatic rings. The summed E-state index contributed by atoms with van der Waals surface area (Å²) in [5, 5.41) is 9.45. The number of fused-ring (bicyclic) bond motifs is 2. The molecule has 1 aliphatic rings. The Balaban J connectivity index is 0.00000106. The van der Waals surface area contributed by atoms with Gasteiger partial charge in [0, 0.05) is 31.0 Å². The number of rotatable bonds is 4. The summed E-state index contributed by atoms with van der Waals surface area (Å²) in [4.78, 5) is 12.7. The smallest absolute Gasteiger partial charge is 0.147 e. The van der Waals surface area contributed by atoms with Gasteiger partial charge in [0.05, 0.1) is 22.0 Å². The lowest BCUT2D eigenvalue weighted by Crippen LogP contribution is -2.18. The Labute approximate surface area is 178 Å². The molecule has 1 fully saturated rings. The number of hydrogen-bond donors (Lipinski definition) is 2. The van der Waals surface area contributed by atoms with E-state index in [1.807, 2.05) is 41.1 Å². The number of nitrogens with two attached hydrogens (primary N) is 1. The first-order chi connectivity index (χ1) is 14.7. The van der Waals surface area contributed by atoms with E-state index >= 15 is 0 Å². The van der Waals surface area contributed by atoms with Gasteiger partial charge in [-0.25, -0.2) is 9.97 Å². The van der Waals surface area contributed by atoms with Gasteiger partial charge >= 0.3 is 0 Å². The van der Waals surface area contributed by atoms with Crippen molar-refractivity contribution in [3.63, 3.8) is 0 Å². The van der Waals surface area contributed by atoms with E-state index in [1.54, 1.807) is 6.20 Å². The number of pyridine rings is 1. The third-order valence-electron chi connectivity index (χ3n) is 4.99. The van der Waals surface area contributed by atoms with E-state index in [0.717, 1.165) is 47.6 Å². The van der Waals surface area contributed by atoms with E-state index in [9.17, 15) is 0 Å². The molecular weight excluding hydrogens is 406 g/mol. The first-order valence-electron chi connectivity index (χ1n) is 9.53. The molecule has 1 saturated heterocycles. The van der Waals surface area contributed by atoms with Crippen molar-refractivity contribution in [2.24, 2.45) is 0 Å². The van der Waals surface area contributed by atoms with Gasteiger partial charge in [-0.1, -0.05) is 11.6 Å². The zero-order chi connectivity index (χ0) is 21.1. The molecule has 9 heteroatoms. The van der Waals surface area contributed by atoms with Crippen molar-refractivity contribution in [1.82, 2.24) is 19.5 Å². The van der Waals surface area contributed by atoms with Gasteiger partial charge < -0.3 is 24.9 Å². The van der Waals surface area contributed by atoms with Gasteiger partial charge in [-0.3, -0.25) is 4.98 Å². The third-order valence-corrected chi connectivity index (χ3v) is 5.20. The van der Waals surface area contributed by atoms with Crippen molar-refractivity contribution < 1.29 is 14.6 Å². The summed E-state index contributed by atoms with van der Waals surface area (Å²) >= 11 is 5.98. The molecule has 0 amide bonds. The van der Waals surface area contributed by atoms with Crippen LogP contribution in [0.5, 0.6) is 5.75 Å². The van der Waals surface area contributed by atoms with Gasteiger partial charge in [-0.2, -0.15) is 0 Å². The van der Waals surface area contributed by atoms with Gasteiger partial charge in [0.1, 0.15) is 36.4 Å². The summed E-state index contributed by atoms with van der Waals surface area (Å²) in [5.74, 6) is 1.24. The highest BCUT2D eigenvalue weighted by atomic mass is 35.5. The number of hydrogen-bond acceptors (Lipinski definition) is 7. The standard InChI is InChI=1S/C20H18ClN5O2.CH4O/c21-13-7-12-1-2-14(8-17(12)23-9-13)27-10-15-3-4-18(28-15)26-6-5-16-19(22)24-11-25-20(16)26;1-2/h1-2,5-9,11,15,18H,3-4,10H2,(H2,22,24,25);2H,1H3/t15-,18+;/m0./s1. The Hall–Kier alpha value is -2.94. The van der Waals surface area contributed by atoms with Crippen molar-refractivity contribution in [3.8, 4) is 5.75 Å². The second-order valence-electron chi connectivity index (χ2n) is 6.83. The van der Waals surface area contributed by atoms with Crippen LogP contribution in [0.4, 0.5) is 5.82 Å². The fourth-order valence-electron chi connectivity index (χ4n) is 3.59. The lowest BCUT2D eigenvalue weighted by atomic mass is 10.2. The fraction of sp³-hybridized carbons (Fsp3) is 0.286. The first kappa shape index (κ1) is 20.3. The van der Waals surface area contributed by atoms with Gasteiger partial charge in [-0.05, 0) is 37.1 Å². The van der Waals surface area contributed by atoms with Gasteiger partial charge in [0.25, 0.3) is 0 Å². The van der Waals surface area contributed by atoms with Gasteiger partial charge in [0.2, 0.25) is 0 Å². The molecule has 1 aliphatic heterocycles. The molecule has 8 nitrogen and oxygen atoms in total. The SMILES string of the molecule is CO.Nc1ncnc2c1ccn2[C@H]1CC[C@@H](COc2ccc3cc(Cl)cnc3c2)O1. The average molecular weight is 428 g/mol. The number of benzene rings is 1. The second kappa shape index (κ2) is 8.83. The topological polar surface area (TPSA) is 108 Å². The van der Waals surface area contributed by atoms with Gasteiger partial charge in [-0.15, -0.1) is 0 Å². The van der Waals surface area contributed by atoms with Crippen LogP contribution in [0.3, 0.4) is 0 Å². The molecule has 0 saturated carbocycles. The summed E-state index contributed by atoms with van der Waals surface area (Å²) in [7, 11) is 1.00. The number of nitrogen functional groups attached to an aromatic ring is 1. The molecule has 1 aromatic carbocycles. The quantitative estimate of drug-likeness (QED) is 0.512. The minimum absolute atomic E-state index is 0.00973. The van der Waals surface area contributed by atoms with E-state index in [1.165, 1.54) is 6.33 Å². The molecule has 3 aromatic heterocycles. The zero-order valence-electron chi connectivity index (χ0n) is 16.4. The summed E-state index contributed by atoms with van der Waals surface area (Å²) in [5.41, 5.74) is 7.56. The van der Waals surface area contributed by atoms with Crippen LogP contribution in [0.25, 0.3) is 21.9 Å². The lowest BCUT2D eigenvalue weighted by Gasteiger charge is -2.16. The molecule has 0 unspecified atom stereocenters. The van der Waals surface area contributed by atoms with E-state index in [4.69, 9.17) is 31.9 Å². The van der Waals surface area contributed by atoms with Crippen LogP contribution in [0.1, 0.15) is 19.1 Å². The second-order valence-corrected chi connectivity index (χ2v) is 7.26. The van der Waals surface area contributed by atoms with Crippen LogP contribution in [0, 0.1) is 0 Å². The van der Waals surface area contributed by atoms with Crippen LogP contribution >= 0.6 is 11.6 Å². The molecule has 3 N–H and O–H groups in total. The summed E-state index contributed by atoms with van der Waals surface area (Å²) in [6.45, 7) is 0.478. The molecule has 156 valence electrons. The first-order valence-corrected chi connectivity index (χ1v) is 9.90. The number of anilines is 1. The highest BCUT2D eigenvalue weighted by Crippen LogP contribution is 2.32. The molecule has 5 rings (SSSR count). The average Bonchev–Trinajstić information content (AvgIpc) is 3.41. The van der Waals surface area contributed by atoms with Crippen LogP contribution < -0.4 is 10.5 Å². The van der Waals surface area contributed by atoms with Crippen molar-refractivity contribution >= 4 is 39.4 Å². The molecule has 0 aliphatic carbocycles. The Morgan fingerprint density at radius 1 is 1.20 bits per heavy atom. The predicted molar refractivity (Wildman–Crippen MR) is 115 cm³/mol. The van der Waals surface area contributed by atoms with E-state index in [0.29, 0.717) is 17.4 Å². The summed E-state index contributed by atoms with van der Waals surface area (Å²) < 4.78 is 14.1. The van der Waals surface area contributed by atoms with Crippen LogP contribution in [0.15, 0.2) is 49.1 Å². The number of nitrogens with zero attached hydrogens (tertiary/aromatic N) is 4. The Morgan fingerprint density at radius 3 is 2.93 bits per heavy atom. The van der Waals surface area contributed by atoms with E-state index in [2.05, 4.69) is 15.0 Å². The molecule has 2 atom stereocenters. The normalized spacial score (nSPS) is 18.4. The molecule has 4 heterocycles. The van der Waals surface area contributed by atoms with Crippen LogP contribution in [-0.4, -0.2) is 44.4 Å². The largest absolute Gasteiger partial charge is 0.491 e. The van der Waals surface area contributed by atoms with E-state index < -0.39 is 0 Å². The zero-order valence-corrected chi connectivity index (χ0v) is 17.2. The molecule has 0 spiro atoms. The Kier molecular flexibility index (Phi) is 5.98. The molecule has 30 heavy (non-hydrogen) atoms.